The van der Waals surface area contributed by atoms with Gasteiger partial charge in [0.15, 0.2) is 21.4 Å². The number of hydrogen-bond acceptors (Lipinski definition) is 7. The van der Waals surface area contributed by atoms with Crippen molar-refractivity contribution in [3.05, 3.63) is 71.4 Å². The number of hydrogen-bond donors (Lipinski definition) is 0. The van der Waals surface area contributed by atoms with E-state index < -0.39 is 15.7 Å². The van der Waals surface area contributed by atoms with Gasteiger partial charge in [-0.05, 0) is 35.2 Å². The van der Waals surface area contributed by atoms with Crippen LogP contribution in [0.25, 0.3) is 39.2 Å². The van der Waals surface area contributed by atoms with Crippen LogP contribution in [0.2, 0.25) is 0 Å². The van der Waals surface area contributed by atoms with Gasteiger partial charge in [0, 0.05) is 40.4 Å². The molecule has 166 valence electrons. The summed E-state index contributed by atoms with van der Waals surface area (Å²) in [6, 6.07) is 11.4. The van der Waals surface area contributed by atoms with Crippen LogP contribution in [0.5, 0.6) is 5.75 Å². The van der Waals surface area contributed by atoms with Crippen molar-refractivity contribution in [2.45, 2.75) is 4.90 Å². The summed E-state index contributed by atoms with van der Waals surface area (Å²) in [4.78, 5) is 9.51. The molecule has 7 nitrogen and oxygen atoms in total. The fourth-order valence-corrected chi connectivity index (χ4v) is 4.74. The second-order valence-electron chi connectivity index (χ2n) is 7.36. The van der Waals surface area contributed by atoms with E-state index in [1.54, 1.807) is 42.7 Å². The van der Waals surface area contributed by atoms with Gasteiger partial charge >= 0.3 is 0 Å². The normalized spacial score (nSPS) is 11.7. The summed E-state index contributed by atoms with van der Waals surface area (Å²) in [5.41, 5.74) is 3.53. The Kier molecular flexibility index (Phi) is 5.18. The number of methoxy groups -OCH3 is 1. The van der Waals surface area contributed by atoms with Crippen LogP contribution in [-0.4, -0.2) is 41.5 Å². The molecular weight excluding hydrogens is 463 g/mol. The Hall–Kier alpha value is -3.63. The predicted octanol–water partition coefficient (Wildman–Crippen LogP) is 4.76. The molecule has 2 aromatic carbocycles. The van der Waals surface area contributed by atoms with Gasteiger partial charge in [-0.2, -0.15) is 16.4 Å². The van der Waals surface area contributed by atoms with Crippen LogP contribution in [0.4, 0.5) is 4.39 Å². The zero-order chi connectivity index (χ0) is 23.2. The molecule has 0 aliphatic heterocycles. The zero-order valence-corrected chi connectivity index (χ0v) is 19.2. The number of benzene rings is 2. The third-order valence-electron chi connectivity index (χ3n) is 5.16. The van der Waals surface area contributed by atoms with Gasteiger partial charge in [-0.1, -0.05) is 12.1 Å². The second-order valence-corrected chi connectivity index (χ2v) is 10.2. The molecule has 0 aliphatic carbocycles. The number of ether oxygens (including phenoxy) is 1. The van der Waals surface area contributed by atoms with Crippen LogP contribution < -0.4 is 4.74 Å². The van der Waals surface area contributed by atoms with Gasteiger partial charge in [0.25, 0.3) is 5.95 Å². The molecule has 10 heteroatoms. The topological polar surface area (TPSA) is 87.0 Å². The van der Waals surface area contributed by atoms with Gasteiger partial charge in [0.1, 0.15) is 0 Å². The first kappa shape index (κ1) is 21.2. The van der Waals surface area contributed by atoms with E-state index in [2.05, 4.69) is 15.1 Å². The lowest BCUT2D eigenvalue weighted by Gasteiger charge is -2.10. The van der Waals surface area contributed by atoms with Crippen molar-refractivity contribution >= 4 is 32.1 Å². The molecule has 33 heavy (non-hydrogen) atoms. The van der Waals surface area contributed by atoms with Crippen LogP contribution in [0, 0.1) is 5.82 Å². The molecule has 0 amide bonds. The Balaban J connectivity index is 1.62. The molecule has 0 N–H and O–H groups in total. The van der Waals surface area contributed by atoms with Crippen molar-refractivity contribution in [1.29, 1.82) is 0 Å². The maximum absolute atomic E-state index is 14.4. The first-order valence-electron chi connectivity index (χ1n) is 9.77. The molecule has 0 saturated heterocycles. The van der Waals surface area contributed by atoms with Gasteiger partial charge in [-0.25, -0.2) is 27.5 Å². The summed E-state index contributed by atoms with van der Waals surface area (Å²) in [5.74, 6) is -0.0800. The standard InChI is InChI=1S/C23H17FN4O3S2/c1-31-21-10-20-18(9-19(21)24)22(15-7-8-32-13-15)27-23(26-20)28-12-16(11-25-28)14-3-5-17(6-4-14)33(2,29)30/h3-13H,1-2H3. The van der Waals surface area contributed by atoms with Crippen LogP contribution in [0.1, 0.15) is 0 Å². The molecule has 5 aromatic rings. The third-order valence-corrected chi connectivity index (χ3v) is 6.97. The van der Waals surface area contributed by atoms with Crippen molar-refractivity contribution in [3.8, 4) is 34.1 Å². The summed E-state index contributed by atoms with van der Waals surface area (Å²) in [6.45, 7) is 0. The monoisotopic (exact) mass is 480 g/mol. The zero-order valence-electron chi connectivity index (χ0n) is 17.6. The second kappa shape index (κ2) is 8.05. The molecule has 0 atom stereocenters. The summed E-state index contributed by atoms with van der Waals surface area (Å²) in [7, 11) is -1.87. The average Bonchev–Trinajstić information content (AvgIpc) is 3.50. The Morgan fingerprint density at radius 2 is 1.82 bits per heavy atom. The van der Waals surface area contributed by atoms with Crippen LogP contribution in [0.15, 0.2) is 70.5 Å². The maximum Gasteiger partial charge on any atom is 0.251 e. The lowest BCUT2D eigenvalue weighted by molar-refractivity contribution is 0.387. The van der Waals surface area contributed by atoms with Crippen LogP contribution in [-0.2, 0) is 9.84 Å². The van der Waals surface area contributed by atoms with Crippen molar-refractivity contribution in [3.63, 3.8) is 0 Å². The van der Waals surface area contributed by atoms with E-state index in [0.29, 0.717) is 22.5 Å². The number of halogens is 1. The summed E-state index contributed by atoms with van der Waals surface area (Å²) >= 11 is 1.52. The highest BCUT2D eigenvalue weighted by Crippen LogP contribution is 2.32. The Morgan fingerprint density at radius 3 is 2.48 bits per heavy atom. The molecule has 0 aliphatic rings. The van der Waals surface area contributed by atoms with E-state index >= 15 is 0 Å². The molecule has 3 heterocycles. The number of sulfone groups is 1. The summed E-state index contributed by atoms with van der Waals surface area (Å²) in [5, 5.41) is 8.82. The number of rotatable bonds is 5. The third kappa shape index (κ3) is 3.98. The predicted molar refractivity (Wildman–Crippen MR) is 125 cm³/mol. The minimum atomic E-state index is -3.27. The molecule has 0 spiro atoms. The lowest BCUT2D eigenvalue weighted by atomic mass is 10.1. The van der Waals surface area contributed by atoms with E-state index in [-0.39, 0.29) is 10.6 Å². The Morgan fingerprint density at radius 1 is 1.03 bits per heavy atom. The molecule has 0 fully saturated rings. The van der Waals surface area contributed by atoms with Crippen molar-refractivity contribution < 1.29 is 17.5 Å². The number of fused-ring (bicyclic) bond motifs is 1. The van der Waals surface area contributed by atoms with E-state index in [1.807, 2.05) is 16.8 Å². The van der Waals surface area contributed by atoms with Gasteiger partial charge in [-0.15, -0.1) is 0 Å². The van der Waals surface area contributed by atoms with Crippen molar-refractivity contribution in [1.82, 2.24) is 19.7 Å². The van der Waals surface area contributed by atoms with Crippen molar-refractivity contribution in [2.75, 3.05) is 13.4 Å². The minimum Gasteiger partial charge on any atom is -0.494 e. The average molecular weight is 481 g/mol. The molecule has 5 rings (SSSR count). The maximum atomic E-state index is 14.4. The van der Waals surface area contributed by atoms with Crippen molar-refractivity contribution in [2.24, 2.45) is 0 Å². The van der Waals surface area contributed by atoms with E-state index in [0.717, 1.165) is 16.7 Å². The molecule has 0 unspecified atom stereocenters. The van der Waals surface area contributed by atoms with E-state index in [9.17, 15) is 12.8 Å². The molecule has 3 aromatic heterocycles. The van der Waals surface area contributed by atoms with Crippen LogP contribution >= 0.6 is 11.3 Å². The fourth-order valence-electron chi connectivity index (χ4n) is 3.47. The smallest absolute Gasteiger partial charge is 0.251 e. The van der Waals surface area contributed by atoms with Gasteiger partial charge in [0.2, 0.25) is 0 Å². The molecular formula is C23H17FN4O3S2. The largest absolute Gasteiger partial charge is 0.494 e. The highest BCUT2D eigenvalue weighted by Gasteiger charge is 2.16. The van der Waals surface area contributed by atoms with Gasteiger partial charge < -0.3 is 4.74 Å². The highest BCUT2D eigenvalue weighted by molar-refractivity contribution is 7.90. The molecule has 0 saturated carbocycles. The molecule has 0 bridgehead atoms. The Labute approximate surface area is 193 Å². The lowest BCUT2D eigenvalue weighted by Crippen LogP contribution is -2.04. The first-order chi connectivity index (χ1) is 15.8. The van der Waals surface area contributed by atoms with Gasteiger partial charge in [0.05, 0.1) is 29.4 Å². The minimum absolute atomic E-state index is 0.0931. The summed E-state index contributed by atoms with van der Waals surface area (Å²) in [6.07, 6.45) is 4.58. The molecule has 0 radical (unpaired) electrons. The van der Waals surface area contributed by atoms with Crippen LogP contribution in [0.3, 0.4) is 0 Å². The van der Waals surface area contributed by atoms with E-state index in [1.165, 1.54) is 35.5 Å². The van der Waals surface area contributed by atoms with Gasteiger partial charge in [-0.3, -0.25) is 0 Å². The SMILES string of the molecule is COc1cc2nc(-n3cc(-c4ccc(S(C)(=O)=O)cc4)cn3)nc(-c3ccsc3)c2cc1F. The number of nitrogens with zero attached hydrogens (tertiary/aromatic N) is 4. The summed E-state index contributed by atoms with van der Waals surface area (Å²) < 4.78 is 44.5. The fraction of sp³-hybridized carbons (Fsp3) is 0.0870. The quantitative estimate of drug-likeness (QED) is 0.360. The highest BCUT2D eigenvalue weighted by atomic mass is 32.2. The first-order valence-corrected chi connectivity index (χ1v) is 12.6. The number of thiophene rings is 1. The number of aromatic nitrogens is 4. The van der Waals surface area contributed by atoms with E-state index in [4.69, 9.17) is 4.74 Å². The Bertz CT molecular complexity index is 1580.